The quantitative estimate of drug-likeness (QED) is 0.204. The van der Waals surface area contributed by atoms with E-state index in [1.807, 2.05) is 12.3 Å². The van der Waals surface area contributed by atoms with Crippen LogP contribution in [-0.4, -0.2) is 9.55 Å². The van der Waals surface area contributed by atoms with E-state index in [1.54, 1.807) is 0 Å². The van der Waals surface area contributed by atoms with Crippen LogP contribution in [0.3, 0.4) is 0 Å². The third-order valence-corrected chi connectivity index (χ3v) is 9.07. The van der Waals surface area contributed by atoms with Crippen molar-refractivity contribution in [3.8, 4) is 28.2 Å². The SMILES string of the molecule is CC12C=CC=CC1c1ccccc1-c1c2c2c3ccccc3ccc2n1-c1ccc(-c2ccc(Br)cn2)cc1. The first-order valence-corrected chi connectivity index (χ1v) is 14.2. The molecule has 0 spiro atoms. The van der Waals surface area contributed by atoms with Gasteiger partial charge in [0.05, 0.1) is 16.9 Å². The van der Waals surface area contributed by atoms with Crippen LogP contribution in [0.25, 0.3) is 49.9 Å². The van der Waals surface area contributed by atoms with E-state index < -0.39 is 0 Å². The summed E-state index contributed by atoms with van der Waals surface area (Å²) in [6.07, 6.45) is 11.1. The van der Waals surface area contributed by atoms with Gasteiger partial charge < -0.3 is 4.57 Å². The Labute approximate surface area is 236 Å². The Hall–Kier alpha value is -4.21. The maximum Gasteiger partial charge on any atom is 0.0702 e. The minimum absolute atomic E-state index is 0.159. The maximum absolute atomic E-state index is 4.61. The number of allylic oxidation sites excluding steroid dienone is 4. The van der Waals surface area contributed by atoms with Crippen molar-refractivity contribution in [3.05, 3.63) is 143 Å². The summed E-state index contributed by atoms with van der Waals surface area (Å²) in [5, 5.41) is 3.93. The zero-order valence-electron chi connectivity index (χ0n) is 21.5. The molecule has 2 nitrogen and oxygen atoms in total. The summed E-state index contributed by atoms with van der Waals surface area (Å²) >= 11 is 3.50. The zero-order valence-corrected chi connectivity index (χ0v) is 23.1. The van der Waals surface area contributed by atoms with Crippen molar-refractivity contribution in [2.24, 2.45) is 0 Å². The minimum Gasteiger partial charge on any atom is -0.309 e. The average Bonchev–Trinajstić information content (AvgIpc) is 3.35. The molecule has 2 heterocycles. The number of nitrogens with zero attached hydrogens (tertiary/aromatic N) is 2. The molecule has 2 atom stereocenters. The third kappa shape index (κ3) is 3.23. The van der Waals surface area contributed by atoms with Gasteiger partial charge in [-0.05, 0) is 68.2 Å². The van der Waals surface area contributed by atoms with Gasteiger partial charge in [0.1, 0.15) is 0 Å². The molecule has 2 unspecified atom stereocenters. The molecule has 0 saturated carbocycles. The van der Waals surface area contributed by atoms with Crippen molar-refractivity contribution in [2.45, 2.75) is 18.3 Å². The van der Waals surface area contributed by atoms with Gasteiger partial charge in [0.15, 0.2) is 0 Å². The Kier molecular flexibility index (Phi) is 4.90. The average molecular weight is 566 g/mol. The summed E-state index contributed by atoms with van der Waals surface area (Å²) in [5.41, 5.74) is 9.73. The molecular weight excluding hydrogens is 540 g/mol. The van der Waals surface area contributed by atoms with Crippen LogP contribution in [0.1, 0.15) is 24.0 Å². The van der Waals surface area contributed by atoms with Crippen LogP contribution in [0.4, 0.5) is 0 Å². The lowest BCUT2D eigenvalue weighted by Crippen LogP contribution is -2.32. The van der Waals surface area contributed by atoms with Crippen molar-refractivity contribution >= 4 is 37.6 Å². The van der Waals surface area contributed by atoms with Gasteiger partial charge in [-0.3, -0.25) is 4.98 Å². The highest BCUT2D eigenvalue weighted by Crippen LogP contribution is 2.57. The standard InChI is InChI=1S/C36H25BrN2/c1-36-21-7-6-12-30(36)28-10-4-5-11-29(28)35-34(36)33-27-9-3-2-8-23(27)15-20-32(33)39(35)26-17-13-24(14-18-26)31-19-16-25(37)22-38-31/h2-22,30H,1H3. The molecule has 8 rings (SSSR count). The lowest BCUT2D eigenvalue weighted by Gasteiger charge is -2.41. The van der Waals surface area contributed by atoms with Gasteiger partial charge in [0.25, 0.3) is 0 Å². The van der Waals surface area contributed by atoms with Crippen LogP contribution in [0.2, 0.25) is 0 Å². The molecule has 0 radical (unpaired) electrons. The van der Waals surface area contributed by atoms with E-state index in [1.165, 1.54) is 44.1 Å². The molecule has 2 aliphatic rings. The second kappa shape index (κ2) is 8.39. The van der Waals surface area contributed by atoms with Crippen LogP contribution in [-0.2, 0) is 5.41 Å². The van der Waals surface area contributed by atoms with Gasteiger partial charge in [-0.1, -0.05) is 98.0 Å². The number of fused-ring (bicyclic) bond motifs is 10. The second-order valence-electron chi connectivity index (χ2n) is 10.7. The fraction of sp³-hybridized carbons (Fsp3) is 0.0833. The van der Waals surface area contributed by atoms with Crippen LogP contribution < -0.4 is 0 Å². The molecule has 4 aromatic carbocycles. The highest BCUT2D eigenvalue weighted by atomic mass is 79.9. The molecule has 3 heteroatoms. The van der Waals surface area contributed by atoms with Crippen LogP contribution in [0, 0.1) is 0 Å². The van der Waals surface area contributed by atoms with Crippen molar-refractivity contribution in [1.82, 2.24) is 9.55 Å². The van der Waals surface area contributed by atoms with Crippen molar-refractivity contribution in [1.29, 1.82) is 0 Å². The molecule has 2 aliphatic carbocycles. The molecule has 0 saturated heterocycles. The van der Waals surface area contributed by atoms with Gasteiger partial charge in [-0.2, -0.15) is 0 Å². The van der Waals surface area contributed by atoms with E-state index in [0.717, 1.165) is 21.4 Å². The first-order chi connectivity index (χ1) is 19.1. The normalized spacial score (nSPS) is 19.2. The van der Waals surface area contributed by atoms with Gasteiger partial charge in [-0.15, -0.1) is 0 Å². The van der Waals surface area contributed by atoms with E-state index in [0.29, 0.717) is 0 Å². The summed E-state index contributed by atoms with van der Waals surface area (Å²) in [7, 11) is 0. The number of hydrogen-bond acceptors (Lipinski definition) is 1. The van der Waals surface area contributed by atoms with E-state index >= 15 is 0 Å². The summed E-state index contributed by atoms with van der Waals surface area (Å²) < 4.78 is 3.47. The topological polar surface area (TPSA) is 17.8 Å². The van der Waals surface area contributed by atoms with Crippen LogP contribution in [0.5, 0.6) is 0 Å². The summed E-state index contributed by atoms with van der Waals surface area (Å²) in [4.78, 5) is 4.61. The molecule has 2 aromatic heterocycles. The number of benzene rings is 4. The molecule has 39 heavy (non-hydrogen) atoms. The third-order valence-electron chi connectivity index (χ3n) is 8.60. The Morgan fingerprint density at radius 2 is 1.64 bits per heavy atom. The van der Waals surface area contributed by atoms with Crippen LogP contribution in [0.15, 0.2) is 132 Å². The summed E-state index contributed by atoms with van der Waals surface area (Å²) in [6.45, 7) is 2.42. The second-order valence-corrected chi connectivity index (χ2v) is 11.7. The number of aromatic nitrogens is 2. The molecular formula is C36H25BrN2. The highest BCUT2D eigenvalue weighted by molar-refractivity contribution is 9.10. The van der Waals surface area contributed by atoms with E-state index in [4.69, 9.17) is 0 Å². The first kappa shape index (κ1) is 22.7. The molecule has 0 aliphatic heterocycles. The first-order valence-electron chi connectivity index (χ1n) is 13.4. The Balaban J connectivity index is 1.48. The highest BCUT2D eigenvalue weighted by Gasteiger charge is 2.45. The Morgan fingerprint density at radius 1 is 0.821 bits per heavy atom. The van der Waals surface area contributed by atoms with Crippen LogP contribution >= 0.6 is 15.9 Å². The molecule has 0 N–H and O–H groups in total. The fourth-order valence-electron chi connectivity index (χ4n) is 6.82. The Morgan fingerprint density at radius 3 is 2.49 bits per heavy atom. The monoisotopic (exact) mass is 564 g/mol. The zero-order chi connectivity index (χ0) is 26.1. The fourth-order valence-corrected chi connectivity index (χ4v) is 7.05. The van der Waals surface area contributed by atoms with Crippen molar-refractivity contribution in [3.63, 3.8) is 0 Å². The molecule has 186 valence electrons. The Bertz CT molecular complexity index is 1980. The predicted octanol–water partition coefficient (Wildman–Crippen LogP) is 9.76. The van der Waals surface area contributed by atoms with Gasteiger partial charge >= 0.3 is 0 Å². The van der Waals surface area contributed by atoms with E-state index in [-0.39, 0.29) is 11.3 Å². The van der Waals surface area contributed by atoms with Gasteiger partial charge in [0.2, 0.25) is 0 Å². The maximum atomic E-state index is 4.61. The van der Waals surface area contributed by atoms with Crippen molar-refractivity contribution in [2.75, 3.05) is 0 Å². The predicted molar refractivity (Wildman–Crippen MR) is 166 cm³/mol. The van der Waals surface area contributed by atoms with Gasteiger partial charge in [-0.25, -0.2) is 0 Å². The summed E-state index contributed by atoms with van der Waals surface area (Å²) in [6, 6.07) is 35.3. The number of rotatable bonds is 2. The lowest BCUT2D eigenvalue weighted by atomic mass is 9.61. The van der Waals surface area contributed by atoms with E-state index in [9.17, 15) is 0 Å². The van der Waals surface area contributed by atoms with Crippen molar-refractivity contribution < 1.29 is 0 Å². The van der Waals surface area contributed by atoms with E-state index in [2.05, 4.69) is 148 Å². The molecule has 0 fully saturated rings. The number of hydrogen-bond donors (Lipinski definition) is 0. The summed E-state index contributed by atoms with van der Waals surface area (Å²) in [5.74, 6) is 0.287. The lowest BCUT2D eigenvalue weighted by molar-refractivity contribution is 0.522. The smallest absolute Gasteiger partial charge is 0.0702 e. The minimum atomic E-state index is -0.159. The number of pyridine rings is 1. The molecule has 6 aromatic rings. The molecule has 0 amide bonds. The number of halogens is 1. The largest absolute Gasteiger partial charge is 0.309 e. The van der Waals surface area contributed by atoms with Gasteiger partial charge in [0, 0.05) is 44.2 Å². The molecule has 0 bridgehead atoms.